The molecule has 0 radical (unpaired) electrons. The molecule has 2 aromatic rings. The van der Waals surface area contributed by atoms with Crippen molar-refractivity contribution in [3.63, 3.8) is 0 Å². The smallest absolute Gasteiger partial charge is 0.394 e. The van der Waals surface area contributed by atoms with Crippen LogP contribution in [0.3, 0.4) is 0 Å². The summed E-state index contributed by atoms with van der Waals surface area (Å²) in [6, 6.07) is 4.27. The highest BCUT2D eigenvalue weighted by Gasteiger charge is 2.15. The third kappa shape index (κ3) is 2.01. The van der Waals surface area contributed by atoms with Crippen LogP contribution < -0.4 is 10.4 Å². The van der Waals surface area contributed by atoms with Crippen LogP contribution in [-0.2, 0) is 9.59 Å². The Morgan fingerprint density at radius 1 is 1.28 bits per heavy atom. The Morgan fingerprint density at radius 2 is 2.00 bits per heavy atom. The molecule has 7 nitrogen and oxygen atoms in total. The molecule has 0 spiro atoms. The average Bonchev–Trinajstić information content (AvgIpc) is 2.74. The third-order valence-electron chi connectivity index (χ3n) is 2.35. The Labute approximate surface area is 100 Å². The first-order chi connectivity index (χ1) is 8.49. The molecule has 1 aromatic carbocycles. The van der Waals surface area contributed by atoms with Gasteiger partial charge in [0.25, 0.3) is 0 Å². The minimum absolute atomic E-state index is 0.127. The predicted molar refractivity (Wildman–Crippen MR) is 58.9 cm³/mol. The fraction of sp³-hybridized carbons (Fsp3) is 0. The molecule has 92 valence electrons. The number of carboxylic acid groups (broad SMARTS) is 2. The number of rotatable bonds is 2. The maximum absolute atomic E-state index is 11.0. The van der Waals surface area contributed by atoms with Crippen LogP contribution in [-0.4, -0.2) is 27.9 Å². The summed E-state index contributed by atoms with van der Waals surface area (Å²) in [6.07, 6.45) is 1.59. The summed E-state index contributed by atoms with van der Waals surface area (Å²) in [5, 5.41) is 22.0. The van der Waals surface area contributed by atoms with Gasteiger partial charge in [-0.1, -0.05) is 0 Å². The number of aromatic carboxylic acids is 1. The summed E-state index contributed by atoms with van der Waals surface area (Å²) in [4.78, 5) is 35.2. The number of aromatic amines is 1. The molecule has 0 aliphatic carbocycles. The first-order valence-corrected chi connectivity index (χ1v) is 4.86. The van der Waals surface area contributed by atoms with Crippen LogP contribution in [0.25, 0.3) is 10.9 Å². The van der Waals surface area contributed by atoms with Crippen LogP contribution in [0.2, 0.25) is 0 Å². The number of benzene rings is 1. The molecule has 0 aliphatic rings. The number of carbonyl (C=O) groups excluding carboxylic acids is 2. The van der Waals surface area contributed by atoms with E-state index < -0.39 is 17.8 Å². The molecule has 0 saturated heterocycles. The number of hydrogen-bond acceptors (Lipinski definition) is 4. The SMILES string of the molecule is O=C(O)C(=O)Nc1cc2[nH]ccc2cc1C(=O)[O-]. The number of nitrogens with one attached hydrogen (secondary N) is 2. The zero-order valence-corrected chi connectivity index (χ0v) is 8.89. The number of anilines is 1. The van der Waals surface area contributed by atoms with Gasteiger partial charge in [-0.25, -0.2) is 4.79 Å². The van der Waals surface area contributed by atoms with E-state index >= 15 is 0 Å². The molecule has 18 heavy (non-hydrogen) atoms. The molecule has 2 rings (SSSR count). The van der Waals surface area contributed by atoms with Gasteiger partial charge < -0.3 is 25.3 Å². The molecule has 3 N–H and O–H groups in total. The van der Waals surface area contributed by atoms with E-state index in [4.69, 9.17) is 5.11 Å². The Balaban J connectivity index is 2.52. The van der Waals surface area contributed by atoms with Crippen molar-refractivity contribution in [3.05, 3.63) is 30.0 Å². The Morgan fingerprint density at radius 3 is 2.61 bits per heavy atom. The lowest BCUT2D eigenvalue weighted by molar-refractivity contribution is -0.254. The van der Waals surface area contributed by atoms with Crippen molar-refractivity contribution in [2.45, 2.75) is 0 Å². The highest BCUT2D eigenvalue weighted by Crippen LogP contribution is 2.23. The highest BCUT2D eigenvalue weighted by molar-refractivity contribution is 6.37. The highest BCUT2D eigenvalue weighted by atomic mass is 16.4. The topological polar surface area (TPSA) is 122 Å². The van der Waals surface area contributed by atoms with Gasteiger partial charge in [0, 0.05) is 22.7 Å². The Kier molecular flexibility index (Phi) is 2.72. The third-order valence-corrected chi connectivity index (χ3v) is 2.35. The van der Waals surface area contributed by atoms with Crippen molar-refractivity contribution in [3.8, 4) is 0 Å². The molecule has 0 saturated carbocycles. The molecule has 7 heteroatoms. The van der Waals surface area contributed by atoms with Crippen LogP contribution in [0, 0.1) is 0 Å². The molecule has 0 aliphatic heterocycles. The molecule has 1 amide bonds. The summed E-state index contributed by atoms with van der Waals surface area (Å²) in [6.45, 7) is 0. The van der Waals surface area contributed by atoms with Gasteiger partial charge in [-0.05, 0) is 18.2 Å². The molecule has 0 fully saturated rings. The lowest BCUT2D eigenvalue weighted by atomic mass is 10.1. The van der Waals surface area contributed by atoms with E-state index in [9.17, 15) is 19.5 Å². The summed E-state index contributed by atoms with van der Waals surface area (Å²) in [5.41, 5.74) is 0.162. The predicted octanol–water partition coefficient (Wildman–Crippen LogP) is -0.446. The van der Waals surface area contributed by atoms with Crippen molar-refractivity contribution in [2.75, 3.05) is 5.32 Å². The summed E-state index contributed by atoms with van der Waals surface area (Å²) in [5.74, 6) is -4.52. The average molecular weight is 247 g/mol. The number of H-pyrrole nitrogens is 1. The van der Waals surface area contributed by atoms with Crippen molar-refractivity contribution in [1.29, 1.82) is 0 Å². The van der Waals surface area contributed by atoms with Gasteiger partial charge in [-0.2, -0.15) is 0 Å². The van der Waals surface area contributed by atoms with Gasteiger partial charge >= 0.3 is 11.9 Å². The normalized spacial score (nSPS) is 10.2. The molecule has 1 heterocycles. The molecule has 0 atom stereocenters. The first-order valence-electron chi connectivity index (χ1n) is 4.86. The maximum atomic E-state index is 11.0. The molecule has 0 unspecified atom stereocenters. The largest absolute Gasteiger partial charge is 0.545 e. The van der Waals surface area contributed by atoms with Gasteiger partial charge in [0.1, 0.15) is 0 Å². The van der Waals surface area contributed by atoms with Crippen LogP contribution in [0.5, 0.6) is 0 Å². The van der Waals surface area contributed by atoms with E-state index in [-0.39, 0.29) is 11.3 Å². The van der Waals surface area contributed by atoms with Gasteiger partial charge in [-0.3, -0.25) is 4.79 Å². The minimum atomic E-state index is -1.70. The van der Waals surface area contributed by atoms with Gasteiger partial charge in [0.2, 0.25) is 0 Å². The number of aliphatic carboxylic acids is 1. The van der Waals surface area contributed by atoms with Crippen LogP contribution in [0.1, 0.15) is 10.4 Å². The molecule has 0 bridgehead atoms. The van der Waals surface area contributed by atoms with E-state index in [0.29, 0.717) is 10.9 Å². The number of aromatic nitrogens is 1. The fourth-order valence-electron chi connectivity index (χ4n) is 1.55. The summed E-state index contributed by atoms with van der Waals surface area (Å²) < 4.78 is 0. The number of carbonyl (C=O) groups is 3. The second-order valence-corrected chi connectivity index (χ2v) is 3.51. The zero-order valence-electron chi connectivity index (χ0n) is 8.89. The molecular weight excluding hydrogens is 240 g/mol. The standard InChI is InChI=1S/C11H8N2O5/c14-9(11(17)18)13-8-4-7-5(1-2-12-7)3-6(8)10(15)16/h1-4,12H,(H,13,14)(H,15,16)(H,17,18)/p-1. The van der Waals surface area contributed by atoms with Crippen molar-refractivity contribution >= 4 is 34.4 Å². The Hall–Kier alpha value is -2.83. The van der Waals surface area contributed by atoms with E-state index in [2.05, 4.69) is 4.98 Å². The second-order valence-electron chi connectivity index (χ2n) is 3.51. The van der Waals surface area contributed by atoms with Gasteiger partial charge in [0.05, 0.1) is 11.7 Å². The van der Waals surface area contributed by atoms with Crippen molar-refractivity contribution in [2.24, 2.45) is 0 Å². The van der Waals surface area contributed by atoms with E-state index in [1.165, 1.54) is 12.1 Å². The monoisotopic (exact) mass is 247 g/mol. The number of carboxylic acids is 2. The quantitative estimate of drug-likeness (QED) is 0.620. The first kappa shape index (κ1) is 11.6. The molecule has 1 aromatic heterocycles. The van der Waals surface area contributed by atoms with Crippen molar-refractivity contribution in [1.82, 2.24) is 4.98 Å². The lowest BCUT2D eigenvalue weighted by Crippen LogP contribution is -2.27. The van der Waals surface area contributed by atoms with Crippen LogP contribution >= 0.6 is 0 Å². The number of fused-ring (bicyclic) bond motifs is 1. The number of amides is 1. The van der Waals surface area contributed by atoms with Gasteiger partial charge in [0.15, 0.2) is 0 Å². The van der Waals surface area contributed by atoms with E-state index in [1.807, 2.05) is 5.32 Å². The number of hydrogen-bond donors (Lipinski definition) is 3. The van der Waals surface area contributed by atoms with E-state index in [0.717, 1.165) is 0 Å². The van der Waals surface area contributed by atoms with Gasteiger partial charge in [-0.15, -0.1) is 0 Å². The van der Waals surface area contributed by atoms with E-state index in [1.54, 1.807) is 12.3 Å². The maximum Gasteiger partial charge on any atom is 0.394 e. The summed E-state index contributed by atoms with van der Waals surface area (Å²) in [7, 11) is 0. The minimum Gasteiger partial charge on any atom is -0.545 e. The summed E-state index contributed by atoms with van der Waals surface area (Å²) >= 11 is 0. The molecular formula is C11H7N2O5-. The lowest BCUT2D eigenvalue weighted by Gasteiger charge is -2.11. The van der Waals surface area contributed by atoms with Crippen molar-refractivity contribution < 1.29 is 24.6 Å². The van der Waals surface area contributed by atoms with Crippen LogP contribution in [0.4, 0.5) is 5.69 Å². The Bertz CT molecular complexity index is 658. The fourth-order valence-corrected chi connectivity index (χ4v) is 1.55. The zero-order chi connectivity index (χ0) is 13.3. The van der Waals surface area contributed by atoms with Crippen LogP contribution in [0.15, 0.2) is 24.4 Å². The second kappa shape index (κ2) is 4.21.